The average Bonchev–Trinajstić information content (AvgIpc) is 3.27. The first kappa shape index (κ1) is 15.3. The molecular formula is C18H20N2O3. The molecule has 0 unspecified atom stereocenters. The lowest BCUT2D eigenvalue weighted by molar-refractivity contribution is 0.102. The fourth-order valence-corrected chi connectivity index (χ4v) is 2.77. The lowest BCUT2D eigenvalue weighted by atomic mass is 10.1. The van der Waals surface area contributed by atoms with E-state index in [0.29, 0.717) is 23.7 Å². The van der Waals surface area contributed by atoms with Gasteiger partial charge in [-0.15, -0.1) is 0 Å². The van der Waals surface area contributed by atoms with Crippen molar-refractivity contribution in [1.29, 1.82) is 0 Å². The summed E-state index contributed by atoms with van der Waals surface area (Å²) in [5.41, 5.74) is 1.93. The molecule has 1 aliphatic rings. The van der Waals surface area contributed by atoms with Gasteiger partial charge in [-0.25, -0.2) is 0 Å². The molecule has 23 heavy (non-hydrogen) atoms. The molecule has 0 spiro atoms. The molecule has 1 aliphatic carbocycles. The summed E-state index contributed by atoms with van der Waals surface area (Å²) in [6.45, 7) is 4.35. The average molecular weight is 312 g/mol. The number of aromatic nitrogens is 1. The number of pyridine rings is 1. The molecule has 1 heterocycles. The van der Waals surface area contributed by atoms with Gasteiger partial charge in [-0.2, -0.15) is 0 Å². The number of phenolic OH excluding ortho intramolecular Hbond substituents is 1. The quantitative estimate of drug-likeness (QED) is 0.912. The number of amides is 1. The molecule has 0 radical (unpaired) electrons. The maximum atomic E-state index is 12.7. The van der Waals surface area contributed by atoms with Crippen molar-refractivity contribution in [2.75, 3.05) is 5.32 Å². The summed E-state index contributed by atoms with van der Waals surface area (Å²) in [4.78, 5) is 25.3. The van der Waals surface area contributed by atoms with Gasteiger partial charge in [0, 0.05) is 24.0 Å². The summed E-state index contributed by atoms with van der Waals surface area (Å²) >= 11 is 0. The number of nitrogens with one attached hydrogen (secondary N) is 1. The van der Waals surface area contributed by atoms with Crippen LogP contribution in [0, 0.1) is 19.8 Å². The number of rotatable bonds is 4. The number of anilines is 1. The normalized spacial score (nSPS) is 13.8. The van der Waals surface area contributed by atoms with E-state index < -0.39 is 5.91 Å². The van der Waals surface area contributed by atoms with Crippen LogP contribution in [-0.4, -0.2) is 15.6 Å². The molecule has 0 bridgehead atoms. The van der Waals surface area contributed by atoms with E-state index in [1.165, 1.54) is 12.1 Å². The van der Waals surface area contributed by atoms with Crippen LogP contribution in [0.15, 0.2) is 35.1 Å². The van der Waals surface area contributed by atoms with Gasteiger partial charge in [-0.05, 0) is 56.4 Å². The number of nitrogens with zero attached hydrogens (tertiary/aromatic N) is 1. The number of carbonyl (C=O) groups is 1. The predicted octanol–water partition coefficient (Wildman–Crippen LogP) is 2.83. The molecule has 0 saturated heterocycles. The van der Waals surface area contributed by atoms with Crippen LogP contribution in [0.2, 0.25) is 0 Å². The number of carbonyl (C=O) groups excluding carboxylic acids is 1. The largest absolute Gasteiger partial charge is 0.508 e. The topological polar surface area (TPSA) is 71.3 Å². The van der Waals surface area contributed by atoms with Crippen molar-refractivity contribution < 1.29 is 9.90 Å². The van der Waals surface area contributed by atoms with E-state index >= 15 is 0 Å². The molecule has 1 aromatic carbocycles. The van der Waals surface area contributed by atoms with Crippen molar-refractivity contribution in [2.24, 2.45) is 5.92 Å². The fraction of sp³-hybridized carbons (Fsp3) is 0.333. The van der Waals surface area contributed by atoms with E-state index in [-0.39, 0.29) is 16.9 Å². The lowest BCUT2D eigenvalue weighted by Gasteiger charge is -2.14. The second-order valence-electron chi connectivity index (χ2n) is 6.21. The first-order valence-corrected chi connectivity index (χ1v) is 7.77. The lowest BCUT2D eigenvalue weighted by Crippen LogP contribution is -2.32. The first-order valence-electron chi connectivity index (χ1n) is 7.77. The third kappa shape index (κ3) is 3.28. The molecule has 0 aliphatic heterocycles. The Morgan fingerprint density at radius 1 is 1.30 bits per heavy atom. The van der Waals surface area contributed by atoms with Gasteiger partial charge in [-0.1, -0.05) is 6.07 Å². The number of aryl methyl sites for hydroxylation is 2. The molecule has 5 nitrogen and oxygen atoms in total. The predicted molar refractivity (Wildman–Crippen MR) is 89.0 cm³/mol. The molecule has 1 saturated carbocycles. The summed E-state index contributed by atoms with van der Waals surface area (Å²) in [7, 11) is 0. The van der Waals surface area contributed by atoms with Crippen LogP contribution >= 0.6 is 0 Å². The van der Waals surface area contributed by atoms with Gasteiger partial charge >= 0.3 is 0 Å². The molecule has 5 heteroatoms. The van der Waals surface area contributed by atoms with Crippen LogP contribution < -0.4 is 10.9 Å². The third-order valence-electron chi connectivity index (χ3n) is 4.17. The van der Waals surface area contributed by atoms with Crippen LogP contribution in [0.25, 0.3) is 0 Å². The second kappa shape index (κ2) is 5.91. The Morgan fingerprint density at radius 2 is 2.04 bits per heavy atom. The van der Waals surface area contributed by atoms with Crippen molar-refractivity contribution in [2.45, 2.75) is 33.2 Å². The third-order valence-corrected chi connectivity index (χ3v) is 4.17. The minimum atomic E-state index is -0.442. The highest BCUT2D eigenvalue weighted by Gasteiger charge is 2.25. The molecule has 120 valence electrons. The van der Waals surface area contributed by atoms with E-state index in [9.17, 15) is 14.7 Å². The van der Waals surface area contributed by atoms with Crippen LogP contribution in [0.5, 0.6) is 5.75 Å². The molecule has 0 atom stereocenters. The number of aromatic hydroxyl groups is 1. The summed E-state index contributed by atoms with van der Waals surface area (Å²) in [5.74, 6) is 0.174. The standard InChI is InChI=1S/C18H20N2O3/c1-11-8-12(2)20(10-13-6-7-13)18(23)16(11)17(22)19-14-4-3-5-15(21)9-14/h3-5,8-9,13,21H,6-7,10H2,1-2H3,(H,19,22). The highest BCUT2D eigenvalue weighted by Crippen LogP contribution is 2.30. The molecular weight excluding hydrogens is 292 g/mol. The summed E-state index contributed by atoms with van der Waals surface area (Å²) in [6.07, 6.45) is 2.29. The maximum absolute atomic E-state index is 12.7. The monoisotopic (exact) mass is 312 g/mol. The van der Waals surface area contributed by atoms with Crippen molar-refractivity contribution in [3.05, 3.63) is 57.5 Å². The van der Waals surface area contributed by atoms with E-state index in [4.69, 9.17) is 0 Å². The minimum Gasteiger partial charge on any atom is -0.508 e. The van der Waals surface area contributed by atoms with E-state index in [0.717, 1.165) is 18.5 Å². The van der Waals surface area contributed by atoms with Crippen LogP contribution in [0.3, 0.4) is 0 Å². The number of hydrogen-bond acceptors (Lipinski definition) is 3. The Labute approximate surface area is 134 Å². The van der Waals surface area contributed by atoms with E-state index in [1.54, 1.807) is 23.6 Å². The number of benzene rings is 1. The fourth-order valence-electron chi connectivity index (χ4n) is 2.77. The van der Waals surface area contributed by atoms with Crippen molar-refractivity contribution in [1.82, 2.24) is 4.57 Å². The van der Waals surface area contributed by atoms with Gasteiger partial charge in [0.15, 0.2) is 0 Å². The van der Waals surface area contributed by atoms with Gasteiger partial charge in [0.05, 0.1) is 0 Å². The van der Waals surface area contributed by atoms with Crippen LogP contribution in [0.4, 0.5) is 5.69 Å². The summed E-state index contributed by atoms with van der Waals surface area (Å²) in [6, 6.07) is 8.16. The Kier molecular flexibility index (Phi) is 3.94. The first-order chi connectivity index (χ1) is 11.0. The summed E-state index contributed by atoms with van der Waals surface area (Å²) < 4.78 is 1.70. The summed E-state index contributed by atoms with van der Waals surface area (Å²) in [5, 5.41) is 12.2. The van der Waals surface area contributed by atoms with Gasteiger partial charge in [0.2, 0.25) is 0 Å². The van der Waals surface area contributed by atoms with Crippen LogP contribution in [-0.2, 0) is 6.54 Å². The molecule has 2 N–H and O–H groups in total. The Morgan fingerprint density at radius 3 is 2.70 bits per heavy atom. The second-order valence-corrected chi connectivity index (χ2v) is 6.21. The number of hydrogen-bond donors (Lipinski definition) is 2. The molecule has 3 rings (SSSR count). The zero-order valence-corrected chi connectivity index (χ0v) is 13.3. The maximum Gasteiger partial charge on any atom is 0.263 e. The highest BCUT2D eigenvalue weighted by molar-refractivity contribution is 6.05. The minimum absolute atomic E-state index is 0.0644. The number of phenols is 1. The smallest absolute Gasteiger partial charge is 0.263 e. The SMILES string of the molecule is Cc1cc(C)n(CC2CC2)c(=O)c1C(=O)Nc1cccc(O)c1. The Bertz CT molecular complexity index is 820. The Balaban J connectivity index is 1.94. The van der Waals surface area contributed by atoms with Crippen molar-refractivity contribution in [3.8, 4) is 5.75 Å². The van der Waals surface area contributed by atoms with Crippen molar-refractivity contribution in [3.63, 3.8) is 0 Å². The molecule has 1 aromatic heterocycles. The van der Waals surface area contributed by atoms with Gasteiger partial charge in [0.1, 0.15) is 11.3 Å². The zero-order valence-electron chi connectivity index (χ0n) is 13.3. The Hall–Kier alpha value is -2.56. The zero-order chi connectivity index (χ0) is 16.6. The van der Waals surface area contributed by atoms with Gasteiger partial charge in [0.25, 0.3) is 11.5 Å². The highest BCUT2D eigenvalue weighted by atomic mass is 16.3. The molecule has 2 aromatic rings. The van der Waals surface area contributed by atoms with E-state index in [1.807, 2.05) is 13.0 Å². The van der Waals surface area contributed by atoms with Gasteiger partial charge in [-0.3, -0.25) is 9.59 Å². The molecule has 1 amide bonds. The van der Waals surface area contributed by atoms with Crippen LogP contribution in [0.1, 0.15) is 34.5 Å². The molecule has 1 fully saturated rings. The van der Waals surface area contributed by atoms with Gasteiger partial charge < -0.3 is 15.0 Å². The van der Waals surface area contributed by atoms with Crippen molar-refractivity contribution >= 4 is 11.6 Å². The van der Waals surface area contributed by atoms with E-state index in [2.05, 4.69) is 5.32 Å².